The van der Waals surface area contributed by atoms with Crippen LogP contribution in [0.4, 0.5) is 0 Å². The minimum Gasteiger partial charge on any atom is -0.543 e. The molecule has 0 bridgehead atoms. The molecule has 14 aromatic rings. The van der Waals surface area contributed by atoms with E-state index >= 15 is 0 Å². The van der Waals surface area contributed by atoms with Crippen LogP contribution >= 0.6 is 0 Å². The summed E-state index contributed by atoms with van der Waals surface area (Å²) in [7, 11) is 0. The van der Waals surface area contributed by atoms with Gasteiger partial charge in [-0.05, 0) is 84.9 Å². The molecule has 0 aliphatic heterocycles. The van der Waals surface area contributed by atoms with Gasteiger partial charge in [-0.1, -0.05) is 170 Å². The molecule has 0 aliphatic carbocycles. The third-order valence-corrected chi connectivity index (χ3v) is 12.7. The summed E-state index contributed by atoms with van der Waals surface area (Å²) in [6, 6.07) is 73.4. The molecule has 0 fully saturated rings. The van der Waals surface area contributed by atoms with Crippen LogP contribution in [0.2, 0.25) is 0 Å². The molecule has 14 rings (SSSR count). The van der Waals surface area contributed by atoms with E-state index in [1.807, 2.05) is 127 Å². The number of pyridine rings is 7. The monoisotopic (exact) mass is 1480 g/mol. The third-order valence-electron chi connectivity index (χ3n) is 12.7. The Morgan fingerprint density at radius 2 is 0.286 bits per heavy atom. The molecule has 7 heterocycles. The van der Waals surface area contributed by atoms with Crippen molar-refractivity contribution in [2.75, 3.05) is 0 Å². The number of nitrogens with zero attached hydrogens (tertiary/aromatic N) is 7. The molecule has 0 saturated carbocycles. The fourth-order valence-electron chi connectivity index (χ4n) is 8.26. The normalized spacial score (nSPS) is 9.55. The summed E-state index contributed by atoms with van der Waals surface area (Å²) in [6.45, 7) is 13.5. The van der Waals surface area contributed by atoms with Crippen molar-refractivity contribution in [3.05, 3.63) is 295 Å². The van der Waals surface area contributed by atoms with Gasteiger partial charge in [0, 0.05) is 37.7 Å². The van der Waals surface area contributed by atoms with Crippen LogP contribution in [-0.2, 0) is 34.8 Å². The van der Waals surface area contributed by atoms with E-state index in [0.717, 1.165) is 37.7 Å². The number of carbonyl (C=O) groups is 7. The molecule has 24 nitrogen and oxygen atoms in total. The van der Waals surface area contributed by atoms with Gasteiger partial charge in [0.1, 0.15) is 0 Å². The minimum atomic E-state index is -1.24. The molecule has 7 aromatic heterocycles. The topological polar surface area (TPSA) is 422 Å². The Hall–Kier alpha value is -13.6. The fourth-order valence-corrected chi connectivity index (χ4v) is 8.26. The zero-order valence-electron chi connectivity index (χ0n) is 50.2. The summed E-state index contributed by atoms with van der Waals surface area (Å²) in [5, 5.41) is 79.8. The molecule has 98 heavy (non-hydrogen) atoms. The molecule has 0 amide bonds. The van der Waals surface area contributed by atoms with Crippen LogP contribution in [0.1, 0.15) is 73.4 Å². The maximum atomic E-state index is 10.5. The number of hydrogen-bond acceptors (Lipinski definition) is 24. The Labute approximate surface area is 569 Å². The van der Waals surface area contributed by atoms with Crippen molar-refractivity contribution in [1.29, 1.82) is 0 Å². The van der Waals surface area contributed by atoms with Gasteiger partial charge in [-0.15, -0.1) is 0 Å². The Morgan fingerprint density at radius 1 is 0.184 bits per heavy atom. The number of benzene rings is 7. The zero-order chi connectivity index (χ0) is 70.8. The number of fused-ring (bicyclic) bond motifs is 7. The van der Waals surface area contributed by atoms with Gasteiger partial charge < -0.3 is 69.3 Å². The van der Waals surface area contributed by atoms with E-state index in [9.17, 15) is 69.3 Å². The maximum Gasteiger partial charge on any atom is 7.00 e. The van der Waals surface area contributed by atoms with Crippen molar-refractivity contribution >= 4 is 138 Å². The van der Waals surface area contributed by atoms with Crippen LogP contribution < -0.4 is 35.7 Å². The molecule has 0 atom stereocenters. The average molecular weight is 1480 g/mol. The summed E-state index contributed by atoms with van der Waals surface area (Å²) >= 11 is 0. The number of carbonyl (C=O) groups excluding carboxylic acids is 10. The summed E-state index contributed by atoms with van der Waals surface area (Å²) in [5.74, 6) is -8.71. The third kappa shape index (κ3) is 22.9. The standard InChI is InChI=1S/7C10H7NO2.3CO.Re/c7*12-10(13)9-6-5-7-3-1-2-4-8(7)11-9;3*1-2;/h7*1-6H,(H,12,13);;;;/q;;;;;;;;;;+7/p-7. The van der Waals surface area contributed by atoms with Gasteiger partial charge in [0.25, 0.3) is 20.4 Å². The number of rotatable bonds is 7. The van der Waals surface area contributed by atoms with E-state index in [4.69, 9.17) is 14.4 Å². The van der Waals surface area contributed by atoms with Crippen LogP contribution in [0, 0.1) is 0 Å². The molecule has 6 radical (unpaired) electrons. The van der Waals surface area contributed by atoms with Crippen molar-refractivity contribution in [3.63, 3.8) is 0 Å². The van der Waals surface area contributed by atoms with Crippen molar-refractivity contribution in [2.24, 2.45) is 0 Å². The van der Waals surface area contributed by atoms with E-state index in [1.165, 1.54) is 42.5 Å². The predicted octanol–water partition coefficient (Wildman–Crippen LogP) is 2.99. The van der Waals surface area contributed by atoms with E-state index in [2.05, 4.69) is 55.3 Å². The maximum absolute atomic E-state index is 10.5. The molecule has 0 aliphatic rings. The molecule has 7 aromatic carbocycles. The van der Waals surface area contributed by atoms with Crippen LogP contribution in [0.3, 0.4) is 0 Å². The summed E-state index contributed by atoms with van der Waals surface area (Å²) in [4.78, 5) is 123. The first-order chi connectivity index (χ1) is 46.9. The van der Waals surface area contributed by atoms with E-state index in [1.54, 1.807) is 84.9 Å². The number of carboxylic acids is 7. The van der Waals surface area contributed by atoms with Gasteiger partial charge in [0.15, 0.2) is 0 Å². The van der Waals surface area contributed by atoms with Crippen molar-refractivity contribution in [3.8, 4) is 0 Å². The first-order valence-corrected chi connectivity index (χ1v) is 27.5. The summed E-state index contributed by atoms with van der Waals surface area (Å²) in [5.41, 5.74) is 4.49. The average Bonchev–Trinajstić information content (AvgIpc) is 0.989. The molecule has 0 spiro atoms. The molecule has 0 unspecified atom stereocenters. The van der Waals surface area contributed by atoms with E-state index < -0.39 is 41.8 Å². The quantitative estimate of drug-likeness (QED) is 0.221. The first-order valence-electron chi connectivity index (χ1n) is 27.5. The molecule has 478 valence electrons. The number of carboxylic acid groups (broad SMARTS) is 7. The molecule has 0 saturated heterocycles. The molecular weight excluding hydrogens is 1430 g/mol. The number of para-hydroxylation sites is 7. The number of aromatic carboxylic acids is 7. The van der Waals surface area contributed by atoms with Gasteiger partial charge in [0.2, 0.25) is 0 Å². The second-order valence-electron chi connectivity index (χ2n) is 18.7. The molecule has 25 heteroatoms. The van der Waals surface area contributed by atoms with Crippen molar-refractivity contribution in [1.82, 2.24) is 34.9 Å². The van der Waals surface area contributed by atoms with Crippen LogP contribution in [-0.4, -0.2) is 97.0 Å². The molecule has 0 N–H and O–H groups in total. The van der Waals surface area contributed by atoms with Crippen LogP contribution in [0.5, 0.6) is 0 Å². The zero-order valence-corrected chi connectivity index (χ0v) is 52.9. The Balaban J connectivity index is 0.000000239. The van der Waals surface area contributed by atoms with Crippen molar-refractivity contribution < 1.29 is 104 Å². The largest absolute Gasteiger partial charge is 7.00 e. The van der Waals surface area contributed by atoms with E-state index in [-0.39, 0.29) is 60.3 Å². The Bertz CT molecular complexity index is 4200. The Kier molecular flexibility index (Phi) is 31.1. The van der Waals surface area contributed by atoms with Crippen molar-refractivity contribution in [2.45, 2.75) is 0 Å². The van der Waals surface area contributed by atoms with Gasteiger partial charge in [-0.2, -0.15) is 0 Å². The summed E-state index contributed by atoms with van der Waals surface area (Å²) in [6.07, 6.45) is 0. The predicted molar refractivity (Wildman–Crippen MR) is 340 cm³/mol. The second kappa shape index (κ2) is 39.7. The number of aromatic nitrogens is 7. The molecular formula is C73H42N7O17Re. The Morgan fingerprint density at radius 3 is 0.388 bits per heavy atom. The van der Waals surface area contributed by atoms with E-state index in [0.29, 0.717) is 38.6 Å². The number of hydrogen-bond donors (Lipinski definition) is 0. The summed E-state index contributed by atoms with van der Waals surface area (Å²) < 4.78 is 0. The van der Waals surface area contributed by atoms with Gasteiger partial charge in [0.05, 0.1) is 120 Å². The smallest absolute Gasteiger partial charge is 0.543 e. The van der Waals surface area contributed by atoms with Gasteiger partial charge in [-0.3, -0.25) is 14.4 Å². The SMILES string of the molecule is O=C([O-])c1ccc2ccccc2n1.O=C([O-])c1ccc2ccccc2n1.O=C([O-])c1ccc2ccccc2n1.O=C([O-])c1ccc2ccccc2n1.O=C([O-])c1ccc2ccccc2n1.O=C([O-])c1ccc2ccccc2n1.O=C([O-])c1ccc2ccccc2n1.[C]=O.[C]=O.[C]=O.[Re+7]. The second-order valence-corrected chi connectivity index (χ2v) is 18.7. The van der Waals surface area contributed by atoms with Crippen LogP contribution in [0.25, 0.3) is 76.3 Å². The van der Waals surface area contributed by atoms with Crippen LogP contribution in [0.15, 0.2) is 255 Å². The van der Waals surface area contributed by atoms with Gasteiger partial charge >= 0.3 is 20.4 Å². The van der Waals surface area contributed by atoms with Gasteiger partial charge in [-0.25, -0.2) is 34.9 Å². The fraction of sp³-hybridized carbons (Fsp3) is 0. The minimum absolute atomic E-state index is 0. The first kappa shape index (κ1) is 76.8.